The van der Waals surface area contributed by atoms with Gasteiger partial charge in [-0.25, -0.2) is 13.1 Å². The Hall–Kier alpha value is -1.15. The van der Waals surface area contributed by atoms with E-state index in [4.69, 9.17) is 5.73 Å². The molecule has 1 aromatic carbocycles. The zero-order valence-corrected chi connectivity index (χ0v) is 15.8. The van der Waals surface area contributed by atoms with Crippen LogP contribution in [-0.4, -0.2) is 44.9 Å². The van der Waals surface area contributed by atoms with Gasteiger partial charge in [-0.05, 0) is 63.5 Å². The van der Waals surface area contributed by atoms with E-state index < -0.39 is 15.9 Å². The topological polar surface area (TPSA) is 92.5 Å². The number of hydrogen-bond donors (Lipinski definition) is 2. The number of nitrogens with zero attached hydrogens (tertiary/aromatic N) is 1. The van der Waals surface area contributed by atoms with Crippen molar-refractivity contribution in [1.82, 2.24) is 9.62 Å². The van der Waals surface area contributed by atoms with Gasteiger partial charge in [0.1, 0.15) is 0 Å². The molecule has 0 spiro atoms. The average molecular weight is 376 g/mol. The first-order valence-electron chi connectivity index (χ1n) is 7.98. The van der Waals surface area contributed by atoms with Gasteiger partial charge in [0.2, 0.25) is 15.9 Å². The van der Waals surface area contributed by atoms with Gasteiger partial charge in [0, 0.05) is 11.6 Å². The number of rotatable bonds is 6. The molecule has 1 aliphatic heterocycles. The molecule has 2 rings (SSSR count). The highest BCUT2D eigenvalue weighted by Gasteiger charge is 2.25. The Kier molecular flexibility index (Phi) is 7.66. The fourth-order valence-corrected chi connectivity index (χ4v) is 4.24. The van der Waals surface area contributed by atoms with Crippen LogP contribution in [0.2, 0.25) is 0 Å². The van der Waals surface area contributed by atoms with Gasteiger partial charge in [0.25, 0.3) is 0 Å². The molecule has 1 aliphatic rings. The van der Waals surface area contributed by atoms with E-state index in [0.717, 1.165) is 38.9 Å². The quantitative estimate of drug-likeness (QED) is 0.790. The molecule has 8 heteroatoms. The Morgan fingerprint density at radius 3 is 2.50 bits per heavy atom. The highest BCUT2D eigenvalue weighted by molar-refractivity contribution is 7.89. The van der Waals surface area contributed by atoms with Gasteiger partial charge >= 0.3 is 0 Å². The molecule has 1 amide bonds. The average Bonchev–Trinajstić information content (AvgIpc) is 2.49. The van der Waals surface area contributed by atoms with Crippen LogP contribution < -0.4 is 10.5 Å². The molecule has 0 saturated carbocycles. The molecule has 6 nitrogen and oxygen atoms in total. The molecule has 24 heavy (non-hydrogen) atoms. The maximum atomic E-state index is 12.5. The Balaban J connectivity index is 0.00000288. The highest BCUT2D eigenvalue weighted by Crippen LogP contribution is 2.18. The molecule has 0 radical (unpaired) electrons. The van der Waals surface area contributed by atoms with Gasteiger partial charge in [0.05, 0.1) is 4.90 Å². The van der Waals surface area contributed by atoms with Crippen LogP contribution in [0.15, 0.2) is 23.1 Å². The minimum absolute atomic E-state index is 0. The number of sulfonamides is 1. The van der Waals surface area contributed by atoms with E-state index in [0.29, 0.717) is 5.56 Å². The van der Waals surface area contributed by atoms with Crippen LogP contribution in [0.1, 0.15) is 42.1 Å². The molecule has 0 bridgehead atoms. The lowest BCUT2D eigenvalue weighted by Gasteiger charge is -2.31. The van der Waals surface area contributed by atoms with Gasteiger partial charge in [-0.3, -0.25) is 4.79 Å². The van der Waals surface area contributed by atoms with Crippen molar-refractivity contribution in [3.05, 3.63) is 29.3 Å². The fraction of sp³-hybridized carbons (Fsp3) is 0.562. The number of aryl methyl sites for hydroxylation is 1. The Bertz CT molecular complexity index is 671. The molecule has 136 valence electrons. The van der Waals surface area contributed by atoms with Crippen LogP contribution in [0, 0.1) is 6.92 Å². The summed E-state index contributed by atoms with van der Waals surface area (Å²) in [7, 11) is -3.64. The first kappa shape index (κ1) is 20.9. The summed E-state index contributed by atoms with van der Waals surface area (Å²) in [6.45, 7) is 6.73. The summed E-state index contributed by atoms with van der Waals surface area (Å²) < 4.78 is 27.8. The maximum absolute atomic E-state index is 12.5. The molecule has 0 aliphatic carbocycles. The monoisotopic (exact) mass is 375 g/mol. The first-order chi connectivity index (χ1) is 10.8. The number of piperidine rings is 1. The van der Waals surface area contributed by atoms with E-state index >= 15 is 0 Å². The summed E-state index contributed by atoms with van der Waals surface area (Å²) in [5, 5.41) is 0. The third kappa shape index (κ3) is 5.17. The van der Waals surface area contributed by atoms with Crippen molar-refractivity contribution in [2.45, 2.75) is 44.0 Å². The van der Waals surface area contributed by atoms with Crippen molar-refractivity contribution in [3.63, 3.8) is 0 Å². The number of halogens is 1. The number of primary amides is 1. The Labute approximate surface area is 150 Å². The van der Waals surface area contributed by atoms with Crippen molar-refractivity contribution in [2.24, 2.45) is 5.73 Å². The van der Waals surface area contributed by atoms with E-state index in [9.17, 15) is 13.2 Å². The third-order valence-corrected chi connectivity index (χ3v) is 5.75. The van der Waals surface area contributed by atoms with E-state index in [-0.39, 0.29) is 28.9 Å². The molecule has 0 atom stereocenters. The second kappa shape index (κ2) is 8.80. The predicted molar refractivity (Wildman–Crippen MR) is 97.0 cm³/mol. The minimum Gasteiger partial charge on any atom is -0.366 e. The Morgan fingerprint density at radius 1 is 1.33 bits per heavy atom. The zero-order chi connectivity index (χ0) is 17.0. The van der Waals surface area contributed by atoms with Crippen molar-refractivity contribution < 1.29 is 13.2 Å². The standard InChI is InChI=1S/C16H25N3O3S.ClH/c1-3-8-19-9-6-13(7-10-19)18-23(21,22)14-5-4-12(2)15(11-14)16(17)20;/h4-5,11,13,18H,3,6-10H2,1-2H3,(H2,17,20);1H. The van der Waals surface area contributed by atoms with Crippen molar-refractivity contribution in [2.75, 3.05) is 19.6 Å². The molecular weight excluding hydrogens is 350 g/mol. The first-order valence-corrected chi connectivity index (χ1v) is 9.47. The lowest BCUT2D eigenvalue weighted by atomic mass is 10.1. The second-order valence-corrected chi connectivity index (χ2v) is 7.79. The fourth-order valence-electron chi connectivity index (χ4n) is 2.91. The number of likely N-dealkylation sites (tertiary alicyclic amines) is 1. The number of hydrogen-bond acceptors (Lipinski definition) is 4. The van der Waals surface area contributed by atoms with E-state index in [1.165, 1.54) is 12.1 Å². The molecule has 3 N–H and O–H groups in total. The normalized spacial score (nSPS) is 16.6. The number of benzene rings is 1. The van der Waals surface area contributed by atoms with Crippen LogP contribution >= 0.6 is 12.4 Å². The van der Waals surface area contributed by atoms with Gasteiger partial charge in [-0.2, -0.15) is 0 Å². The molecule has 0 aromatic heterocycles. The predicted octanol–water partition coefficient (Wildman–Crippen LogP) is 1.67. The summed E-state index contributed by atoms with van der Waals surface area (Å²) >= 11 is 0. The number of nitrogens with one attached hydrogen (secondary N) is 1. The molecule has 1 aromatic rings. The SMILES string of the molecule is CCCN1CCC(NS(=O)(=O)c2ccc(C)c(C(N)=O)c2)CC1.Cl. The number of carbonyl (C=O) groups is 1. The third-order valence-electron chi connectivity index (χ3n) is 4.23. The summed E-state index contributed by atoms with van der Waals surface area (Å²) in [4.78, 5) is 13.8. The van der Waals surface area contributed by atoms with Crippen LogP contribution in [0.25, 0.3) is 0 Å². The number of amides is 1. The van der Waals surface area contributed by atoms with Crippen molar-refractivity contribution >= 4 is 28.3 Å². The zero-order valence-electron chi connectivity index (χ0n) is 14.1. The molecular formula is C16H26ClN3O3S. The molecule has 0 unspecified atom stereocenters. The number of carbonyl (C=O) groups excluding carboxylic acids is 1. The summed E-state index contributed by atoms with van der Waals surface area (Å²) in [6.07, 6.45) is 2.71. The summed E-state index contributed by atoms with van der Waals surface area (Å²) in [6, 6.07) is 4.41. The van der Waals surface area contributed by atoms with Crippen LogP contribution in [0.3, 0.4) is 0 Å². The second-order valence-electron chi connectivity index (χ2n) is 6.08. The van der Waals surface area contributed by atoms with Gasteiger partial charge in [0.15, 0.2) is 0 Å². The van der Waals surface area contributed by atoms with E-state index in [1.807, 2.05) is 0 Å². The van der Waals surface area contributed by atoms with Gasteiger partial charge in [-0.15, -0.1) is 12.4 Å². The summed E-state index contributed by atoms with van der Waals surface area (Å²) in [5.41, 5.74) is 6.21. The maximum Gasteiger partial charge on any atom is 0.249 e. The van der Waals surface area contributed by atoms with E-state index in [1.54, 1.807) is 13.0 Å². The molecule has 1 saturated heterocycles. The van der Waals surface area contributed by atoms with Crippen LogP contribution in [-0.2, 0) is 10.0 Å². The Morgan fingerprint density at radius 2 is 1.96 bits per heavy atom. The van der Waals surface area contributed by atoms with Crippen molar-refractivity contribution in [1.29, 1.82) is 0 Å². The molecule has 1 fully saturated rings. The summed E-state index contributed by atoms with van der Waals surface area (Å²) in [5.74, 6) is -0.618. The van der Waals surface area contributed by atoms with E-state index in [2.05, 4.69) is 16.5 Å². The lowest BCUT2D eigenvalue weighted by Crippen LogP contribution is -2.44. The smallest absolute Gasteiger partial charge is 0.249 e. The van der Waals surface area contributed by atoms with Crippen LogP contribution in [0.4, 0.5) is 0 Å². The lowest BCUT2D eigenvalue weighted by molar-refractivity contribution is 0.0999. The highest BCUT2D eigenvalue weighted by atomic mass is 35.5. The molecule has 1 heterocycles. The minimum atomic E-state index is -3.64. The number of nitrogens with two attached hydrogens (primary N) is 1. The van der Waals surface area contributed by atoms with Gasteiger partial charge < -0.3 is 10.6 Å². The van der Waals surface area contributed by atoms with Crippen LogP contribution in [0.5, 0.6) is 0 Å². The van der Waals surface area contributed by atoms with Crippen molar-refractivity contribution in [3.8, 4) is 0 Å². The largest absolute Gasteiger partial charge is 0.366 e. The van der Waals surface area contributed by atoms with Gasteiger partial charge in [-0.1, -0.05) is 13.0 Å².